The lowest BCUT2D eigenvalue weighted by Gasteiger charge is -2.34. The molecule has 2 aliphatic heterocycles. The molecule has 0 bridgehead atoms. The number of fused-ring (bicyclic) bond motifs is 1. The number of carbonyl (C=O) groups is 1. The number of piperazine rings is 1. The number of alkyl halides is 6. The van der Waals surface area contributed by atoms with E-state index >= 15 is 0 Å². The summed E-state index contributed by atoms with van der Waals surface area (Å²) in [6.07, 6.45) is -6.36. The Morgan fingerprint density at radius 1 is 0.950 bits per heavy atom. The van der Waals surface area contributed by atoms with Crippen molar-refractivity contribution in [3.63, 3.8) is 0 Å². The molecule has 9 nitrogen and oxygen atoms in total. The maximum absolute atomic E-state index is 12.7. The molecule has 214 valence electrons. The molecule has 0 unspecified atom stereocenters. The molecule has 1 fully saturated rings. The zero-order valence-electron chi connectivity index (χ0n) is 21.3. The molecule has 0 aliphatic carbocycles. The van der Waals surface area contributed by atoms with Gasteiger partial charge in [-0.1, -0.05) is 25.1 Å². The summed E-state index contributed by atoms with van der Waals surface area (Å²) in [5.41, 5.74) is -1.45. The van der Waals surface area contributed by atoms with E-state index in [-0.39, 0.29) is 17.7 Å². The van der Waals surface area contributed by atoms with Crippen LogP contribution in [0.5, 0.6) is 0 Å². The van der Waals surface area contributed by atoms with Crippen LogP contribution in [0.15, 0.2) is 47.5 Å². The summed E-state index contributed by atoms with van der Waals surface area (Å²) in [5.74, 6) is 0.446. The van der Waals surface area contributed by atoms with E-state index in [4.69, 9.17) is 0 Å². The first-order valence-corrected chi connectivity index (χ1v) is 12.3. The molecular weight excluding hydrogens is 544 g/mol. The Morgan fingerprint density at radius 3 is 2.20 bits per heavy atom. The number of para-hydroxylation sites is 1. The fourth-order valence-electron chi connectivity index (χ4n) is 4.33. The molecule has 0 atom stereocenters. The van der Waals surface area contributed by atoms with Gasteiger partial charge in [0.2, 0.25) is 11.9 Å². The number of amides is 1. The van der Waals surface area contributed by atoms with E-state index in [1.165, 1.54) is 0 Å². The monoisotopic (exact) mass is 569 g/mol. The number of nitrogens with one attached hydrogen (secondary N) is 1. The second-order valence-corrected chi connectivity index (χ2v) is 8.99. The van der Waals surface area contributed by atoms with E-state index in [0.717, 1.165) is 36.1 Å². The van der Waals surface area contributed by atoms with E-state index in [2.05, 4.69) is 15.1 Å². The number of nitrogens with zero attached hydrogens (tertiary/aromatic N) is 6. The van der Waals surface area contributed by atoms with Gasteiger partial charge in [0.15, 0.2) is 5.82 Å². The number of benzene rings is 1. The van der Waals surface area contributed by atoms with Gasteiger partial charge in [0, 0.05) is 63.3 Å². The number of halogens is 6. The second kappa shape index (κ2) is 11.5. The molecule has 0 saturated carbocycles. The number of aromatic amines is 1. The van der Waals surface area contributed by atoms with E-state index < -0.39 is 29.0 Å². The highest BCUT2D eigenvalue weighted by molar-refractivity contribution is 5.76. The van der Waals surface area contributed by atoms with Gasteiger partial charge in [-0.3, -0.25) is 9.59 Å². The van der Waals surface area contributed by atoms with Gasteiger partial charge in [-0.25, -0.2) is 15.1 Å². The molecule has 1 aromatic carbocycles. The third-order valence-electron chi connectivity index (χ3n) is 6.44. The lowest BCUT2D eigenvalue weighted by molar-refractivity contribution is -0.139. The van der Waals surface area contributed by atoms with Crippen molar-refractivity contribution in [2.75, 3.05) is 42.5 Å². The second-order valence-electron chi connectivity index (χ2n) is 8.99. The topological polar surface area (TPSA) is 98.3 Å². The van der Waals surface area contributed by atoms with Crippen molar-refractivity contribution in [3.05, 3.63) is 69.8 Å². The van der Waals surface area contributed by atoms with E-state index in [0.29, 0.717) is 39.1 Å². The summed E-state index contributed by atoms with van der Waals surface area (Å²) in [7, 11) is 0. The molecular formula is C25H25F6N7O2. The van der Waals surface area contributed by atoms with Crippen LogP contribution in [-0.2, 0) is 23.6 Å². The highest BCUT2D eigenvalue weighted by Crippen LogP contribution is 2.35. The smallest absolute Gasteiger partial charge is 0.339 e. The molecule has 0 radical (unpaired) electrons. The number of H-pyrrole nitrogens is 1. The molecule has 15 heteroatoms. The van der Waals surface area contributed by atoms with Gasteiger partial charge in [-0.15, -0.1) is 0 Å². The average molecular weight is 570 g/mol. The van der Waals surface area contributed by atoms with Crippen LogP contribution in [0.25, 0.3) is 0 Å². The highest BCUT2D eigenvalue weighted by atomic mass is 19.4. The van der Waals surface area contributed by atoms with Crippen LogP contribution >= 0.6 is 0 Å². The number of aromatic nitrogens is 4. The van der Waals surface area contributed by atoms with Crippen molar-refractivity contribution >= 4 is 23.4 Å². The number of carbonyl (C=O) groups excluding carboxylic acids is 1. The van der Waals surface area contributed by atoms with Gasteiger partial charge >= 0.3 is 12.4 Å². The first-order chi connectivity index (χ1) is 18.9. The first kappa shape index (κ1) is 28.8. The summed E-state index contributed by atoms with van der Waals surface area (Å²) in [4.78, 5) is 35.4. The van der Waals surface area contributed by atoms with Crippen molar-refractivity contribution in [2.45, 2.75) is 32.1 Å². The van der Waals surface area contributed by atoms with E-state index in [9.17, 15) is 35.9 Å². The quantitative estimate of drug-likeness (QED) is 0.476. The molecule has 5 rings (SSSR count). The zero-order chi connectivity index (χ0) is 29.1. The normalized spacial score (nSPS) is 15.4. The Hall–Kier alpha value is -4.17. The molecule has 2 aliphatic rings. The average Bonchev–Trinajstić information content (AvgIpc) is 3.37. The zero-order valence-corrected chi connectivity index (χ0v) is 21.3. The molecule has 1 amide bonds. The molecule has 4 heterocycles. The number of rotatable bonds is 3. The van der Waals surface area contributed by atoms with Gasteiger partial charge in [-0.2, -0.15) is 31.4 Å². The first-order valence-electron chi connectivity index (χ1n) is 12.3. The van der Waals surface area contributed by atoms with Crippen molar-refractivity contribution in [1.29, 1.82) is 0 Å². The predicted molar refractivity (Wildman–Crippen MR) is 133 cm³/mol. The third-order valence-corrected chi connectivity index (χ3v) is 6.44. The van der Waals surface area contributed by atoms with Crippen LogP contribution in [0.4, 0.5) is 43.8 Å². The van der Waals surface area contributed by atoms with Crippen LogP contribution in [0, 0.1) is 0 Å². The molecule has 3 aromatic rings. The summed E-state index contributed by atoms with van der Waals surface area (Å²) >= 11 is 0. The Bertz CT molecular complexity index is 1380. The molecule has 1 N–H and O–H groups in total. The van der Waals surface area contributed by atoms with Crippen molar-refractivity contribution in [3.8, 4) is 0 Å². The highest BCUT2D eigenvalue weighted by Gasteiger charge is 2.36. The van der Waals surface area contributed by atoms with Crippen LogP contribution < -0.4 is 15.4 Å². The van der Waals surface area contributed by atoms with E-state index in [1.807, 2.05) is 29.4 Å². The fourth-order valence-corrected chi connectivity index (χ4v) is 4.33. The molecule has 1 saturated heterocycles. The summed E-state index contributed by atoms with van der Waals surface area (Å²) in [5, 5.41) is 5.64. The van der Waals surface area contributed by atoms with Crippen molar-refractivity contribution in [2.24, 2.45) is 0 Å². The molecule has 40 heavy (non-hydrogen) atoms. The minimum atomic E-state index is -4.69. The standard InChI is InChI=1S/C13H10F3N3O.C12H15F3N4O/c14-13(15,16)9-7-11(17-18-12(9)20)19-6-5-8-3-1-2-4-10(8)19;1-2-10(20)18-3-5-19(6-4-18)11-16-7-9(8-17-11)12(13,14)15/h1-4,7H,5-6H2,(H,18,20);7-8H,2-6H2,1H3. The Balaban J connectivity index is 0.000000185. The minimum absolute atomic E-state index is 0.0815. The maximum Gasteiger partial charge on any atom is 0.421 e. The minimum Gasteiger partial charge on any atom is -0.339 e. The summed E-state index contributed by atoms with van der Waals surface area (Å²) in [6, 6.07) is 8.23. The Morgan fingerprint density at radius 2 is 1.60 bits per heavy atom. The van der Waals surface area contributed by atoms with Crippen molar-refractivity contribution < 1.29 is 31.1 Å². The number of hydrogen-bond acceptors (Lipinski definition) is 7. The van der Waals surface area contributed by atoms with Crippen LogP contribution in [-0.4, -0.2) is 63.7 Å². The van der Waals surface area contributed by atoms with Gasteiger partial charge in [-0.05, 0) is 18.1 Å². The maximum atomic E-state index is 12.7. The Kier molecular flexibility index (Phi) is 8.30. The third kappa shape index (κ3) is 6.51. The molecule has 2 aromatic heterocycles. The number of anilines is 3. The van der Waals surface area contributed by atoms with Crippen LogP contribution in [0.1, 0.15) is 30.0 Å². The predicted octanol–water partition coefficient (Wildman–Crippen LogP) is 4.04. The van der Waals surface area contributed by atoms with Crippen molar-refractivity contribution in [1.82, 2.24) is 25.1 Å². The summed E-state index contributed by atoms with van der Waals surface area (Å²) < 4.78 is 75.4. The lowest BCUT2D eigenvalue weighted by Crippen LogP contribution is -2.49. The van der Waals surface area contributed by atoms with Crippen LogP contribution in [0.3, 0.4) is 0 Å². The van der Waals surface area contributed by atoms with Gasteiger partial charge in [0.05, 0.1) is 5.56 Å². The number of hydrogen-bond donors (Lipinski definition) is 1. The summed E-state index contributed by atoms with van der Waals surface area (Å²) in [6.45, 7) is 4.46. The van der Waals surface area contributed by atoms with Gasteiger partial charge in [0.25, 0.3) is 5.56 Å². The lowest BCUT2D eigenvalue weighted by atomic mass is 10.2. The van der Waals surface area contributed by atoms with Gasteiger partial charge < -0.3 is 14.7 Å². The Labute approximate surface area is 224 Å². The van der Waals surface area contributed by atoms with E-state index in [1.54, 1.807) is 21.6 Å². The SMILES string of the molecule is CCC(=O)N1CCN(c2ncc(C(F)(F)F)cn2)CC1.O=c1[nH]nc(N2CCc3ccccc32)cc1C(F)(F)F. The van der Waals surface area contributed by atoms with Gasteiger partial charge in [0.1, 0.15) is 5.56 Å². The van der Waals surface area contributed by atoms with Crippen LogP contribution in [0.2, 0.25) is 0 Å². The molecule has 0 spiro atoms. The largest absolute Gasteiger partial charge is 0.421 e. The fraction of sp³-hybridized carbons (Fsp3) is 0.400.